The second-order valence-electron chi connectivity index (χ2n) is 6.52. The minimum Gasteiger partial charge on any atom is -0.0883 e. The third-order valence-corrected chi connectivity index (χ3v) is 4.18. The fraction of sp³-hybridized carbons (Fsp3) is 0.900. The Hall–Kier alpha value is -0.260. The first-order valence-electron chi connectivity index (χ1n) is 9.47. The molecule has 0 spiro atoms. The summed E-state index contributed by atoms with van der Waals surface area (Å²) < 4.78 is 0. The van der Waals surface area contributed by atoms with Crippen molar-refractivity contribution >= 4 is 0 Å². The van der Waals surface area contributed by atoms with Gasteiger partial charge in [0.05, 0.1) is 0 Å². The lowest BCUT2D eigenvalue weighted by molar-refractivity contribution is 0.523. The predicted octanol–water partition coefficient (Wildman–Crippen LogP) is 7.68. The van der Waals surface area contributed by atoms with Gasteiger partial charge in [-0.1, -0.05) is 110 Å². The van der Waals surface area contributed by atoms with Crippen LogP contribution in [0, 0.1) is 5.92 Å². The van der Waals surface area contributed by atoms with Gasteiger partial charge < -0.3 is 0 Å². The second-order valence-corrected chi connectivity index (χ2v) is 6.52. The summed E-state index contributed by atoms with van der Waals surface area (Å²) in [6.45, 7) is 6.90. The fourth-order valence-corrected chi connectivity index (χ4v) is 2.72. The molecule has 0 bridgehead atoms. The zero-order valence-corrected chi connectivity index (χ0v) is 14.6. The molecule has 0 aliphatic rings. The highest BCUT2D eigenvalue weighted by Gasteiger charge is 1.97. The van der Waals surface area contributed by atoms with Crippen LogP contribution in [0.25, 0.3) is 0 Å². The Kier molecular flexibility index (Phi) is 16.6. The summed E-state index contributed by atoms with van der Waals surface area (Å²) in [4.78, 5) is 0. The van der Waals surface area contributed by atoms with Crippen LogP contribution in [0.15, 0.2) is 12.2 Å². The summed E-state index contributed by atoms with van der Waals surface area (Å²) >= 11 is 0. The quantitative estimate of drug-likeness (QED) is 0.213. The molecule has 0 radical (unpaired) electrons. The van der Waals surface area contributed by atoms with Crippen molar-refractivity contribution < 1.29 is 0 Å². The van der Waals surface area contributed by atoms with Crippen molar-refractivity contribution in [3.63, 3.8) is 0 Å². The normalized spacial score (nSPS) is 13.2. The predicted molar refractivity (Wildman–Crippen MR) is 94.3 cm³/mol. The van der Waals surface area contributed by atoms with Crippen molar-refractivity contribution in [3.8, 4) is 0 Å². The first kappa shape index (κ1) is 19.7. The molecule has 0 saturated heterocycles. The average Bonchev–Trinajstić information content (AvgIpc) is 2.45. The molecule has 0 aliphatic heterocycles. The molecule has 120 valence electrons. The molecular weight excluding hydrogens is 240 g/mol. The molecule has 1 unspecified atom stereocenters. The van der Waals surface area contributed by atoms with E-state index >= 15 is 0 Å². The van der Waals surface area contributed by atoms with Gasteiger partial charge in [0.1, 0.15) is 0 Å². The highest BCUT2D eigenvalue weighted by molar-refractivity contribution is 4.85. The molecule has 0 heteroatoms. The zero-order valence-electron chi connectivity index (χ0n) is 14.6. The van der Waals surface area contributed by atoms with E-state index in [1.54, 1.807) is 0 Å². The monoisotopic (exact) mass is 280 g/mol. The second kappa shape index (κ2) is 16.8. The summed E-state index contributed by atoms with van der Waals surface area (Å²) in [5.74, 6) is 0.792. The zero-order chi connectivity index (χ0) is 14.9. The Morgan fingerprint density at radius 3 is 1.65 bits per heavy atom. The molecular formula is C20H40. The van der Waals surface area contributed by atoms with Crippen molar-refractivity contribution in [1.82, 2.24) is 0 Å². The highest BCUT2D eigenvalue weighted by atomic mass is 14.0. The van der Waals surface area contributed by atoms with Gasteiger partial charge in [-0.3, -0.25) is 0 Å². The standard InChI is InChI=1S/C20H40/c1-4-6-8-9-10-11-12-13-14-15-17-19-20(3)18-16-7-5-2/h16,18,20H,4-15,17,19H2,1-3H3. The van der Waals surface area contributed by atoms with E-state index in [1.807, 2.05) is 0 Å². The lowest BCUT2D eigenvalue weighted by Gasteiger charge is -2.06. The first-order chi connectivity index (χ1) is 9.81. The maximum absolute atomic E-state index is 2.42. The van der Waals surface area contributed by atoms with E-state index in [4.69, 9.17) is 0 Å². The Labute approximate surface area is 129 Å². The van der Waals surface area contributed by atoms with Gasteiger partial charge in [0, 0.05) is 0 Å². The van der Waals surface area contributed by atoms with Gasteiger partial charge in [0.2, 0.25) is 0 Å². The number of hydrogen-bond acceptors (Lipinski definition) is 0. The molecule has 20 heavy (non-hydrogen) atoms. The van der Waals surface area contributed by atoms with Crippen molar-refractivity contribution in [1.29, 1.82) is 0 Å². The molecule has 0 rings (SSSR count). The highest BCUT2D eigenvalue weighted by Crippen LogP contribution is 2.14. The van der Waals surface area contributed by atoms with Crippen LogP contribution in [0.5, 0.6) is 0 Å². The third kappa shape index (κ3) is 15.8. The van der Waals surface area contributed by atoms with Crippen LogP contribution < -0.4 is 0 Å². The SMILES string of the molecule is CCCC=CC(C)CCCCCCCCCCCCC. The lowest BCUT2D eigenvalue weighted by Crippen LogP contribution is -1.90. The Morgan fingerprint density at radius 1 is 0.650 bits per heavy atom. The van der Waals surface area contributed by atoms with E-state index in [-0.39, 0.29) is 0 Å². The van der Waals surface area contributed by atoms with Crippen molar-refractivity contribution in [2.24, 2.45) is 5.92 Å². The van der Waals surface area contributed by atoms with Crippen molar-refractivity contribution in [2.45, 2.75) is 111 Å². The molecule has 0 saturated carbocycles. The summed E-state index contributed by atoms with van der Waals surface area (Å²) in [7, 11) is 0. The maximum Gasteiger partial charge on any atom is -0.0262 e. The van der Waals surface area contributed by atoms with Crippen LogP contribution in [-0.4, -0.2) is 0 Å². The van der Waals surface area contributed by atoms with E-state index < -0.39 is 0 Å². The Balaban J connectivity index is 3.12. The molecule has 0 nitrogen and oxygen atoms in total. The first-order valence-corrected chi connectivity index (χ1v) is 9.47. The number of hydrogen-bond donors (Lipinski definition) is 0. The fourth-order valence-electron chi connectivity index (χ4n) is 2.72. The van der Waals surface area contributed by atoms with E-state index in [0.717, 1.165) is 5.92 Å². The van der Waals surface area contributed by atoms with Gasteiger partial charge in [-0.15, -0.1) is 0 Å². The number of allylic oxidation sites excluding steroid dienone is 2. The van der Waals surface area contributed by atoms with Gasteiger partial charge in [-0.05, 0) is 18.8 Å². The van der Waals surface area contributed by atoms with E-state index in [2.05, 4.69) is 32.9 Å². The Bertz CT molecular complexity index is 192. The number of rotatable bonds is 15. The minimum absolute atomic E-state index is 0.792. The van der Waals surface area contributed by atoms with Gasteiger partial charge in [0.15, 0.2) is 0 Å². The maximum atomic E-state index is 2.42. The molecule has 0 N–H and O–H groups in total. The number of unbranched alkanes of at least 4 members (excludes halogenated alkanes) is 11. The van der Waals surface area contributed by atoms with Gasteiger partial charge in [0.25, 0.3) is 0 Å². The Morgan fingerprint density at radius 2 is 1.15 bits per heavy atom. The molecule has 1 atom stereocenters. The largest absolute Gasteiger partial charge is 0.0883 e. The molecule has 0 aromatic carbocycles. The lowest BCUT2D eigenvalue weighted by atomic mass is 10.0. The third-order valence-electron chi connectivity index (χ3n) is 4.18. The smallest absolute Gasteiger partial charge is 0.0262 e. The summed E-state index contributed by atoms with van der Waals surface area (Å²) in [5.41, 5.74) is 0. The molecule has 0 aliphatic carbocycles. The van der Waals surface area contributed by atoms with Crippen LogP contribution >= 0.6 is 0 Å². The van der Waals surface area contributed by atoms with Gasteiger partial charge >= 0.3 is 0 Å². The van der Waals surface area contributed by atoms with Crippen molar-refractivity contribution in [2.75, 3.05) is 0 Å². The van der Waals surface area contributed by atoms with E-state index in [1.165, 1.54) is 89.9 Å². The average molecular weight is 281 g/mol. The van der Waals surface area contributed by atoms with Crippen LogP contribution in [0.1, 0.15) is 111 Å². The van der Waals surface area contributed by atoms with Crippen LogP contribution in [0.2, 0.25) is 0 Å². The van der Waals surface area contributed by atoms with E-state index in [9.17, 15) is 0 Å². The summed E-state index contributed by atoms with van der Waals surface area (Å²) in [5, 5.41) is 0. The van der Waals surface area contributed by atoms with Crippen LogP contribution in [-0.2, 0) is 0 Å². The molecule has 0 heterocycles. The van der Waals surface area contributed by atoms with Gasteiger partial charge in [-0.25, -0.2) is 0 Å². The minimum atomic E-state index is 0.792. The summed E-state index contributed by atoms with van der Waals surface area (Å²) in [6.07, 6.45) is 24.6. The van der Waals surface area contributed by atoms with Crippen LogP contribution in [0.3, 0.4) is 0 Å². The molecule has 0 aromatic rings. The van der Waals surface area contributed by atoms with E-state index in [0.29, 0.717) is 0 Å². The molecule has 0 fully saturated rings. The topological polar surface area (TPSA) is 0 Å². The summed E-state index contributed by atoms with van der Waals surface area (Å²) in [6, 6.07) is 0. The van der Waals surface area contributed by atoms with Gasteiger partial charge in [-0.2, -0.15) is 0 Å². The van der Waals surface area contributed by atoms with Crippen molar-refractivity contribution in [3.05, 3.63) is 12.2 Å². The van der Waals surface area contributed by atoms with Crippen LogP contribution in [0.4, 0.5) is 0 Å². The molecule has 0 aromatic heterocycles. The molecule has 0 amide bonds.